The largest absolute Gasteiger partial charge is 0.377 e. The van der Waals surface area contributed by atoms with Gasteiger partial charge in [0.15, 0.2) is 0 Å². The number of ether oxygens (including phenoxy) is 1. The zero-order valence-corrected chi connectivity index (χ0v) is 12.3. The van der Waals surface area contributed by atoms with Crippen molar-refractivity contribution >= 4 is 0 Å². The van der Waals surface area contributed by atoms with Crippen LogP contribution in [0.1, 0.15) is 50.2 Å². The number of hydrogen-bond donors (Lipinski definition) is 1. The van der Waals surface area contributed by atoms with E-state index in [1.54, 1.807) is 12.1 Å². The molecular formula is C17H24FNO. The van der Waals surface area contributed by atoms with Gasteiger partial charge in [-0.2, -0.15) is 0 Å². The van der Waals surface area contributed by atoms with E-state index in [1.165, 1.54) is 31.7 Å². The first-order chi connectivity index (χ1) is 9.77. The van der Waals surface area contributed by atoms with Crippen molar-refractivity contribution in [3.05, 3.63) is 35.1 Å². The third kappa shape index (κ3) is 6.70. The quantitative estimate of drug-likeness (QED) is 0.582. The van der Waals surface area contributed by atoms with Crippen LogP contribution in [0.25, 0.3) is 0 Å². The maximum atomic E-state index is 13.8. The Hall–Kier alpha value is -1.37. The third-order valence-corrected chi connectivity index (χ3v) is 3.04. The lowest BCUT2D eigenvalue weighted by Crippen LogP contribution is -1.99. The molecule has 0 heterocycles. The van der Waals surface area contributed by atoms with Crippen LogP contribution in [0.15, 0.2) is 18.2 Å². The Kier molecular flexibility index (Phi) is 8.69. The summed E-state index contributed by atoms with van der Waals surface area (Å²) in [5.74, 6) is 5.26. The Balaban J connectivity index is 2.30. The Morgan fingerprint density at radius 3 is 2.70 bits per heavy atom. The minimum atomic E-state index is -0.264. The van der Waals surface area contributed by atoms with E-state index in [0.29, 0.717) is 24.3 Å². The van der Waals surface area contributed by atoms with Crippen molar-refractivity contribution in [2.45, 2.75) is 45.6 Å². The summed E-state index contributed by atoms with van der Waals surface area (Å²) in [4.78, 5) is 0. The topological polar surface area (TPSA) is 35.2 Å². The van der Waals surface area contributed by atoms with Gasteiger partial charge in [-0.15, -0.1) is 0 Å². The highest BCUT2D eigenvalue weighted by molar-refractivity contribution is 5.37. The summed E-state index contributed by atoms with van der Waals surface area (Å²) >= 11 is 0. The molecule has 0 aliphatic heterocycles. The Morgan fingerprint density at radius 1 is 1.20 bits per heavy atom. The predicted octanol–water partition coefficient (Wildman–Crippen LogP) is 3.62. The molecule has 0 saturated carbocycles. The number of halogens is 1. The zero-order valence-electron chi connectivity index (χ0n) is 12.3. The van der Waals surface area contributed by atoms with Crippen molar-refractivity contribution in [2.75, 3.05) is 13.2 Å². The first-order valence-corrected chi connectivity index (χ1v) is 7.33. The second-order valence-electron chi connectivity index (χ2n) is 4.78. The molecule has 0 aromatic heterocycles. The second kappa shape index (κ2) is 10.4. The smallest absolute Gasteiger partial charge is 0.129 e. The molecule has 0 aliphatic carbocycles. The second-order valence-corrected chi connectivity index (χ2v) is 4.78. The molecule has 0 aliphatic rings. The van der Waals surface area contributed by atoms with Crippen molar-refractivity contribution in [1.82, 2.24) is 0 Å². The number of unbranched alkanes of at least 4 members (excludes halogenated alkanes) is 4. The van der Waals surface area contributed by atoms with Gasteiger partial charge in [-0.25, -0.2) is 4.39 Å². The van der Waals surface area contributed by atoms with Crippen LogP contribution in [0.4, 0.5) is 4.39 Å². The summed E-state index contributed by atoms with van der Waals surface area (Å²) < 4.78 is 19.3. The van der Waals surface area contributed by atoms with E-state index in [2.05, 4.69) is 18.8 Å². The van der Waals surface area contributed by atoms with E-state index in [4.69, 9.17) is 10.5 Å². The molecule has 20 heavy (non-hydrogen) atoms. The average Bonchev–Trinajstić information content (AvgIpc) is 2.46. The maximum Gasteiger partial charge on any atom is 0.129 e. The van der Waals surface area contributed by atoms with E-state index < -0.39 is 0 Å². The minimum Gasteiger partial charge on any atom is -0.377 e. The fourth-order valence-corrected chi connectivity index (χ4v) is 1.89. The molecule has 0 bridgehead atoms. The first kappa shape index (κ1) is 16.7. The molecule has 0 spiro atoms. The van der Waals surface area contributed by atoms with Gasteiger partial charge < -0.3 is 10.5 Å². The standard InChI is InChI=1S/C17H24FNO/c1-2-3-4-5-6-12-20-14-16-10-9-15(8-7-11-19)13-17(16)18/h9-10,13H,2-6,11-12,14,19H2,1H3. The molecule has 2 N–H and O–H groups in total. The predicted molar refractivity (Wildman–Crippen MR) is 80.7 cm³/mol. The molecule has 1 aromatic rings. The normalized spacial score (nSPS) is 10.2. The van der Waals surface area contributed by atoms with Crippen LogP contribution in [0.5, 0.6) is 0 Å². The van der Waals surface area contributed by atoms with E-state index in [1.807, 2.05) is 0 Å². The summed E-state index contributed by atoms with van der Waals surface area (Å²) in [7, 11) is 0. The highest BCUT2D eigenvalue weighted by atomic mass is 19.1. The fraction of sp³-hybridized carbons (Fsp3) is 0.529. The van der Waals surface area contributed by atoms with E-state index in [-0.39, 0.29) is 12.4 Å². The minimum absolute atomic E-state index is 0.264. The molecule has 1 aromatic carbocycles. The molecule has 2 nitrogen and oxygen atoms in total. The van der Waals surface area contributed by atoms with E-state index in [0.717, 1.165) is 6.42 Å². The molecule has 110 valence electrons. The lowest BCUT2D eigenvalue weighted by Gasteiger charge is -2.06. The van der Waals surface area contributed by atoms with E-state index >= 15 is 0 Å². The number of nitrogens with two attached hydrogens (primary N) is 1. The average molecular weight is 277 g/mol. The van der Waals surface area contributed by atoms with Crippen LogP contribution in [0.3, 0.4) is 0 Å². The van der Waals surface area contributed by atoms with Crippen molar-refractivity contribution < 1.29 is 9.13 Å². The monoisotopic (exact) mass is 277 g/mol. The van der Waals surface area contributed by atoms with Gasteiger partial charge in [0.1, 0.15) is 5.82 Å². The summed E-state index contributed by atoms with van der Waals surface area (Å²) in [6.45, 7) is 3.49. The SMILES string of the molecule is CCCCCCCOCc1ccc(C#CCN)cc1F. The molecule has 0 amide bonds. The molecular weight excluding hydrogens is 253 g/mol. The van der Waals surface area contributed by atoms with Gasteiger partial charge in [-0.05, 0) is 18.6 Å². The Morgan fingerprint density at radius 2 is 2.00 bits per heavy atom. The van der Waals surface area contributed by atoms with Crippen molar-refractivity contribution in [1.29, 1.82) is 0 Å². The van der Waals surface area contributed by atoms with Gasteiger partial charge in [0.05, 0.1) is 13.2 Å². The Labute approximate surface area is 121 Å². The summed E-state index contributed by atoms with van der Waals surface area (Å²) in [5, 5.41) is 0. The van der Waals surface area contributed by atoms with Gasteiger partial charge in [0, 0.05) is 17.7 Å². The van der Waals surface area contributed by atoms with Gasteiger partial charge in [0.2, 0.25) is 0 Å². The molecule has 1 rings (SSSR count). The van der Waals surface area contributed by atoms with Gasteiger partial charge >= 0.3 is 0 Å². The molecule has 3 heteroatoms. The number of benzene rings is 1. The van der Waals surface area contributed by atoms with Crippen LogP contribution in [-0.4, -0.2) is 13.2 Å². The highest BCUT2D eigenvalue weighted by Gasteiger charge is 2.02. The lowest BCUT2D eigenvalue weighted by atomic mass is 10.1. The van der Waals surface area contributed by atoms with Crippen molar-refractivity contribution in [3.63, 3.8) is 0 Å². The third-order valence-electron chi connectivity index (χ3n) is 3.04. The van der Waals surface area contributed by atoms with Crippen LogP contribution < -0.4 is 5.73 Å². The van der Waals surface area contributed by atoms with Crippen LogP contribution in [0, 0.1) is 17.7 Å². The van der Waals surface area contributed by atoms with Crippen LogP contribution >= 0.6 is 0 Å². The molecule has 0 radical (unpaired) electrons. The fourth-order valence-electron chi connectivity index (χ4n) is 1.89. The Bertz CT molecular complexity index is 448. The molecule has 0 atom stereocenters. The summed E-state index contributed by atoms with van der Waals surface area (Å²) in [6, 6.07) is 4.96. The van der Waals surface area contributed by atoms with Crippen LogP contribution in [0.2, 0.25) is 0 Å². The van der Waals surface area contributed by atoms with Crippen molar-refractivity contribution in [3.8, 4) is 11.8 Å². The van der Waals surface area contributed by atoms with E-state index in [9.17, 15) is 4.39 Å². The number of rotatable bonds is 8. The highest BCUT2D eigenvalue weighted by Crippen LogP contribution is 2.11. The van der Waals surface area contributed by atoms with Gasteiger partial charge in [-0.3, -0.25) is 0 Å². The number of hydrogen-bond acceptors (Lipinski definition) is 2. The van der Waals surface area contributed by atoms with Gasteiger partial charge in [-0.1, -0.05) is 50.5 Å². The summed E-state index contributed by atoms with van der Waals surface area (Å²) in [6.07, 6.45) is 6.00. The summed E-state index contributed by atoms with van der Waals surface area (Å²) in [5.41, 5.74) is 6.51. The molecule has 0 fully saturated rings. The molecule has 0 unspecified atom stereocenters. The molecule has 0 saturated heterocycles. The lowest BCUT2D eigenvalue weighted by molar-refractivity contribution is 0.114. The maximum absolute atomic E-state index is 13.8. The zero-order chi connectivity index (χ0) is 14.6. The van der Waals surface area contributed by atoms with Crippen molar-refractivity contribution in [2.24, 2.45) is 5.73 Å². The van der Waals surface area contributed by atoms with Gasteiger partial charge in [0.25, 0.3) is 0 Å². The van der Waals surface area contributed by atoms with Crippen LogP contribution in [-0.2, 0) is 11.3 Å². The first-order valence-electron chi connectivity index (χ1n) is 7.33.